The molecule has 0 aromatic heterocycles. The zero-order valence-electron chi connectivity index (χ0n) is 16.3. The second kappa shape index (κ2) is 7.15. The monoisotopic (exact) mass is 377 g/mol. The number of hydrogen-bond donors (Lipinski definition) is 0. The largest absolute Gasteiger partial charge is 0.494 e. The number of esters is 1. The molecule has 0 N–H and O–H groups in total. The van der Waals surface area contributed by atoms with Gasteiger partial charge in [0.05, 0.1) is 17.9 Å². The third-order valence-electron chi connectivity index (χ3n) is 5.18. The van der Waals surface area contributed by atoms with E-state index in [4.69, 9.17) is 9.47 Å². The van der Waals surface area contributed by atoms with Crippen LogP contribution in [0.3, 0.4) is 0 Å². The van der Waals surface area contributed by atoms with Crippen molar-refractivity contribution in [2.24, 2.45) is 0 Å². The summed E-state index contributed by atoms with van der Waals surface area (Å²) in [5.74, 6) is 0.112. The molecule has 0 saturated heterocycles. The number of anilines is 1. The van der Waals surface area contributed by atoms with Crippen LogP contribution in [0.1, 0.15) is 36.0 Å². The third kappa shape index (κ3) is 3.17. The fraction of sp³-hybridized carbons (Fsp3) is 0.304. The number of nitrogens with zero attached hydrogens (tertiary/aromatic N) is 1. The van der Waals surface area contributed by atoms with Gasteiger partial charge in [0.25, 0.3) is 0 Å². The fourth-order valence-electron chi connectivity index (χ4n) is 4.08. The van der Waals surface area contributed by atoms with Gasteiger partial charge in [0.15, 0.2) is 0 Å². The van der Waals surface area contributed by atoms with Crippen molar-refractivity contribution in [3.63, 3.8) is 0 Å². The van der Waals surface area contributed by atoms with Crippen LogP contribution in [0.25, 0.3) is 0 Å². The summed E-state index contributed by atoms with van der Waals surface area (Å²) in [7, 11) is 0. The SMILES string of the molecule is CCOc1ccc([C@H]2CC(=O)N(c3cc(C)cc(C)c3)C3=C2C(=O)OC3)cc1. The van der Waals surface area contributed by atoms with E-state index in [2.05, 4.69) is 6.07 Å². The van der Waals surface area contributed by atoms with Gasteiger partial charge in [-0.25, -0.2) is 4.79 Å². The lowest BCUT2D eigenvalue weighted by Crippen LogP contribution is -2.37. The number of amides is 1. The molecule has 4 rings (SSSR count). The van der Waals surface area contributed by atoms with E-state index in [1.165, 1.54) is 0 Å². The molecule has 5 heteroatoms. The first-order valence-corrected chi connectivity index (χ1v) is 9.52. The molecule has 1 atom stereocenters. The Morgan fingerprint density at radius 2 is 1.75 bits per heavy atom. The van der Waals surface area contributed by atoms with Crippen LogP contribution in [0, 0.1) is 13.8 Å². The Hall–Kier alpha value is -3.08. The summed E-state index contributed by atoms with van der Waals surface area (Å²) in [6, 6.07) is 13.6. The first-order chi connectivity index (χ1) is 13.5. The topological polar surface area (TPSA) is 55.8 Å². The van der Waals surface area contributed by atoms with Crippen molar-refractivity contribution >= 4 is 17.6 Å². The zero-order valence-corrected chi connectivity index (χ0v) is 16.3. The van der Waals surface area contributed by atoms with Crippen molar-refractivity contribution in [3.05, 3.63) is 70.4 Å². The van der Waals surface area contributed by atoms with Gasteiger partial charge < -0.3 is 9.47 Å². The van der Waals surface area contributed by atoms with Gasteiger partial charge in [0, 0.05) is 18.0 Å². The minimum atomic E-state index is -0.337. The van der Waals surface area contributed by atoms with Crippen molar-refractivity contribution in [2.75, 3.05) is 18.1 Å². The molecule has 2 heterocycles. The third-order valence-corrected chi connectivity index (χ3v) is 5.18. The van der Waals surface area contributed by atoms with Crippen molar-refractivity contribution in [3.8, 4) is 5.75 Å². The zero-order chi connectivity index (χ0) is 19.8. The molecule has 0 unspecified atom stereocenters. The first-order valence-electron chi connectivity index (χ1n) is 9.52. The summed E-state index contributed by atoms with van der Waals surface area (Å²) in [5.41, 5.74) is 5.10. The van der Waals surface area contributed by atoms with Gasteiger partial charge in [0.1, 0.15) is 12.4 Å². The second-order valence-electron chi connectivity index (χ2n) is 7.27. The molecule has 0 aliphatic carbocycles. The summed E-state index contributed by atoms with van der Waals surface area (Å²) in [6.07, 6.45) is 0.231. The number of carbonyl (C=O) groups is 2. The Morgan fingerprint density at radius 3 is 2.39 bits per heavy atom. The first kappa shape index (κ1) is 18.3. The highest BCUT2D eigenvalue weighted by Crippen LogP contribution is 2.42. The highest BCUT2D eigenvalue weighted by molar-refractivity contribution is 6.06. The molecule has 2 aromatic rings. The maximum absolute atomic E-state index is 13.1. The average Bonchev–Trinajstić information content (AvgIpc) is 3.02. The van der Waals surface area contributed by atoms with E-state index >= 15 is 0 Å². The second-order valence-corrected chi connectivity index (χ2v) is 7.27. The minimum Gasteiger partial charge on any atom is -0.494 e. The van der Waals surface area contributed by atoms with Crippen LogP contribution in [0.5, 0.6) is 5.75 Å². The Balaban J connectivity index is 1.77. The molecular formula is C23H23NO4. The molecule has 144 valence electrons. The molecule has 28 heavy (non-hydrogen) atoms. The number of hydrogen-bond acceptors (Lipinski definition) is 4. The van der Waals surface area contributed by atoms with Crippen LogP contribution in [0.4, 0.5) is 5.69 Å². The highest BCUT2D eigenvalue weighted by Gasteiger charge is 2.43. The number of benzene rings is 2. The molecule has 2 aliphatic heterocycles. The van der Waals surface area contributed by atoms with E-state index in [1.54, 1.807) is 4.90 Å². The molecule has 0 spiro atoms. The maximum atomic E-state index is 13.1. The molecule has 0 radical (unpaired) electrons. The van der Waals surface area contributed by atoms with Gasteiger partial charge in [-0.1, -0.05) is 18.2 Å². The molecule has 2 aliphatic rings. The van der Waals surface area contributed by atoms with Gasteiger partial charge in [-0.05, 0) is 61.7 Å². The summed E-state index contributed by atoms with van der Waals surface area (Å²) >= 11 is 0. The quantitative estimate of drug-likeness (QED) is 0.755. The lowest BCUT2D eigenvalue weighted by Gasteiger charge is -2.32. The molecule has 1 amide bonds. The predicted octanol–water partition coefficient (Wildman–Crippen LogP) is 4.03. The van der Waals surface area contributed by atoms with Gasteiger partial charge in [0.2, 0.25) is 5.91 Å². The van der Waals surface area contributed by atoms with Gasteiger partial charge in [-0.15, -0.1) is 0 Å². The molecule has 2 aromatic carbocycles. The van der Waals surface area contributed by atoms with Gasteiger partial charge >= 0.3 is 5.97 Å². The lowest BCUT2D eigenvalue weighted by molar-refractivity contribution is -0.136. The van der Waals surface area contributed by atoms with E-state index in [-0.39, 0.29) is 30.8 Å². The average molecular weight is 377 g/mol. The van der Waals surface area contributed by atoms with Crippen LogP contribution >= 0.6 is 0 Å². The summed E-state index contributed by atoms with van der Waals surface area (Å²) in [5, 5.41) is 0. The molecule has 0 saturated carbocycles. The highest BCUT2D eigenvalue weighted by atomic mass is 16.5. The van der Waals surface area contributed by atoms with Crippen LogP contribution in [0.2, 0.25) is 0 Å². The number of aryl methyl sites for hydroxylation is 2. The Kier molecular flexibility index (Phi) is 4.67. The molecule has 5 nitrogen and oxygen atoms in total. The van der Waals surface area contributed by atoms with Crippen LogP contribution in [0.15, 0.2) is 53.7 Å². The fourth-order valence-corrected chi connectivity index (χ4v) is 4.08. The summed E-state index contributed by atoms with van der Waals surface area (Å²) in [4.78, 5) is 27.3. The van der Waals surface area contributed by atoms with Crippen molar-refractivity contribution in [1.29, 1.82) is 0 Å². The minimum absolute atomic E-state index is 0.0269. The van der Waals surface area contributed by atoms with E-state index in [9.17, 15) is 9.59 Å². The van der Waals surface area contributed by atoms with E-state index < -0.39 is 0 Å². The smallest absolute Gasteiger partial charge is 0.336 e. The number of rotatable bonds is 4. The Bertz CT molecular complexity index is 954. The van der Waals surface area contributed by atoms with Crippen molar-refractivity contribution in [2.45, 2.75) is 33.1 Å². The van der Waals surface area contributed by atoms with Crippen LogP contribution in [-0.4, -0.2) is 25.1 Å². The van der Waals surface area contributed by atoms with Crippen LogP contribution in [-0.2, 0) is 14.3 Å². The van der Waals surface area contributed by atoms with Crippen molar-refractivity contribution < 1.29 is 19.1 Å². The number of cyclic esters (lactones) is 1. The number of ether oxygens (including phenoxy) is 2. The molecule has 0 bridgehead atoms. The van der Waals surface area contributed by atoms with E-state index in [0.29, 0.717) is 17.9 Å². The maximum Gasteiger partial charge on any atom is 0.336 e. The summed E-state index contributed by atoms with van der Waals surface area (Å²) < 4.78 is 10.8. The normalized spacial score (nSPS) is 19.0. The lowest BCUT2D eigenvalue weighted by atomic mass is 9.84. The van der Waals surface area contributed by atoms with Crippen LogP contribution < -0.4 is 9.64 Å². The van der Waals surface area contributed by atoms with Gasteiger partial charge in [-0.2, -0.15) is 0 Å². The predicted molar refractivity (Wildman–Crippen MR) is 106 cm³/mol. The summed E-state index contributed by atoms with van der Waals surface area (Å²) in [6.45, 7) is 6.65. The van der Waals surface area contributed by atoms with Gasteiger partial charge in [-0.3, -0.25) is 9.69 Å². The molecular weight excluding hydrogens is 354 g/mol. The standard InChI is InChI=1S/C23H23NO4/c1-4-27-18-7-5-16(6-8-18)19-12-21(25)24(20-13-28-23(26)22(19)20)17-10-14(2)9-15(3)11-17/h5-11,19H,4,12-13H2,1-3H3/t19-/m1/s1. The Morgan fingerprint density at radius 1 is 1.07 bits per heavy atom. The molecule has 0 fully saturated rings. The Labute approximate surface area is 164 Å². The van der Waals surface area contributed by atoms with Crippen molar-refractivity contribution in [1.82, 2.24) is 0 Å². The van der Waals surface area contributed by atoms with E-state index in [1.807, 2.05) is 57.2 Å². The number of carbonyl (C=O) groups excluding carboxylic acids is 2. The van der Waals surface area contributed by atoms with E-state index in [0.717, 1.165) is 28.1 Å².